The van der Waals surface area contributed by atoms with Crippen LogP contribution in [0.3, 0.4) is 0 Å². The zero-order chi connectivity index (χ0) is 15.4. The van der Waals surface area contributed by atoms with Crippen molar-refractivity contribution in [3.05, 3.63) is 53.1 Å². The topological polar surface area (TPSA) is 46.5 Å². The molecule has 2 aromatic carbocycles. The fourth-order valence-corrected chi connectivity index (χ4v) is 4.24. The second-order valence-electron chi connectivity index (χ2n) is 4.64. The number of hydrogen-bond acceptors (Lipinski definition) is 3. The number of methoxy groups -OCH3 is 1. The van der Waals surface area contributed by atoms with Crippen LogP contribution in [-0.2, 0) is 11.2 Å². The zero-order valence-electron chi connectivity index (χ0n) is 12.3. The molecule has 2 aromatic rings. The molecule has 0 heterocycles. The average molecular weight is 349 g/mol. The Morgan fingerprint density at radius 2 is 1.95 bits per heavy atom. The van der Waals surface area contributed by atoms with Gasteiger partial charge in [0.05, 0.1) is 0 Å². The van der Waals surface area contributed by atoms with Crippen LogP contribution in [0.4, 0.5) is 0 Å². The number of carbonyl (C=O) groups excluding carboxylic acids is 1. The average Bonchev–Trinajstić information content (AvgIpc) is 2.51. The van der Waals surface area contributed by atoms with Gasteiger partial charge in [-0.15, -0.1) is 0 Å². The van der Waals surface area contributed by atoms with Crippen molar-refractivity contribution < 1.29 is 14.6 Å². The summed E-state index contributed by atoms with van der Waals surface area (Å²) in [5.74, 6) is -0.431. The van der Waals surface area contributed by atoms with E-state index in [-0.39, 0.29) is 20.7 Å². The molecule has 0 atom stereocenters. The first kappa shape index (κ1) is 15.6. The van der Waals surface area contributed by atoms with Crippen molar-refractivity contribution in [2.45, 2.75) is 20.3 Å². The van der Waals surface area contributed by atoms with Gasteiger partial charge < -0.3 is 0 Å². The van der Waals surface area contributed by atoms with Crippen molar-refractivity contribution in [3.8, 4) is 5.75 Å². The molecule has 0 amide bonds. The van der Waals surface area contributed by atoms with Crippen molar-refractivity contribution in [2.24, 2.45) is 0 Å². The maximum atomic E-state index is 12.0. The van der Waals surface area contributed by atoms with Crippen LogP contribution in [0.2, 0.25) is 0 Å². The van der Waals surface area contributed by atoms with Gasteiger partial charge in [0.1, 0.15) is 0 Å². The molecule has 0 radical (unpaired) electrons. The van der Waals surface area contributed by atoms with Gasteiger partial charge in [-0.25, -0.2) is 0 Å². The molecule has 0 spiro atoms. The number of phenolic OH excluding ortho intramolecular Hbond substituents is 1. The minimum absolute atomic E-state index is 0.0504. The molecule has 0 saturated heterocycles. The summed E-state index contributed by atoms with van der Waals surface area (Å²) in [6, 6.07) is 12.2. The molecule has 2 rings (SSSR count). The molecular formula is C17H18O3Se. The second-order valence-corrected chi connectivity index (χ2v) is 6.98. The zero-order valence-corrected chi connectivity index (χ0v) is 14.1. The molecule has 3 nitrogen and oxygen atoms in total. The first-order valence-electron chi connectivity index (χ1n) is 6.75. The van der Waals surface area contributed by atoms with E-state index >= 15 is 0 Å². The quantitative estimate of drug-likeness (QED) is 0.675. The van der Waals surface area contributed by atoms with Gasteiger partial charge in [-0.3, -0.25) is 0 Å². The SMILES string of the molecule is CCc1cc([Se]c2ccccc2)c(C)c(C(=O)OC)c1O. The van der Waals surface area contributed by atoms with Crippen LogP contribution in [0.5, 0.6) is 5.75 Å². The summed E-state index contributed by atoms with van der Waals surface area (Å²) in [5.41, 5.74) is 1.89. The van der Waals surface area contributed by atoms with Crippen LogP contribution < -0.4 is 8.92 Å². The van der Waals surface area contributed by atoms with Crippen LogP contribution in [0.15, 0.2) is 36.4 Å². The van der Waals surface area contributed by atoms with Crippen LogP contribution in [0.25, 0.3) is 0 Å². The standard InChI is InChI=1S/C17H18O3Se/c1-4-12-10-14(21-13-8-6-5-7-9-13)11(2)15(16(12)18)17(19)20-3/h5-10,18H,4H2,1-3H3. The van der Waals surface area contributed by atoms with Gasteiger partial charge in [-0.1, -0.05) is 0 Å². The Morgan fingerprint density at radius 1 is 1.29 bits per heavy atom. The van der Waals surface area contributed by atoms with Crippen LogP contribution >= 0.6 is 0 Å². The molecule has 0 aliphatic rings. The van der Waals surface area contributed by atoms with E-state index in [4.69, 9.17) is 4.74 Å². The predicted octanol–water partition coefficient (Wildman–Crippen LogP) is 1.70. The Morgan fingerprint density at radius 3 is 2.52 bits per heavy atom. The summed E-state index contributed by atoms with van der Waals surface area (Å²) >= 11 is 0.0890. The molecule has 1 N–H and O–H groups in total. The molecule has 0 saturated carbocycles. The minimum atomic E-state index is -0.481. The Bertz CT molecular complexity index is 651. The van der Waals surface area contributed by atoms with E-state index in [1.54, 1.807) is 0 Å². The third kappa shape index (κ3) is 3.29. The molecule has 4 heteroatoms. The van der Waals surface area contributed by atoms with Gasteiger partial charge in [-0.2, -0.15) is 0 Å². The fourth-order valence-electron chi connectivity index (χ4n) is 2.14. The molecule has 21 heavy (non-hydrogen) atoms. The third-order valence-corrected chi connectivity index (χ3v) is 5.75. The number of esters is 1. The molecule has 0 aromatic heterocycles. The van der Waals surface area contributed by atoms with Gasteiger partial charge in [0.2, 0.25) is 0 Å². The Balaban J connectivity index is 2.53. The Hall–Kier alpha value is -1.77. The van der Waals surface area contributed by atoms with E-state index in [2.05, 4.69) is 12.1 Å². The van der Waals surface area contributed by atoms with E-state index < -0.39 is 5.97 Å². The molecule has 0 unspecified atom stereocenters. The van der Waals surface area contributed by atoms with Crippen molar-refractivity contribution in [1.82, 2.24) is 0 Å². The van der Waals surface area contributed by atoms with Crippen molar-refractivity contribution >= 4 is 29.8 Å². The van der Waals surface area contributed by atoms with Crippen molar-refractivity contribution in [2.75, 3.05) is 7.11 Å². The van der Waals surface area contributed by atoms with Gasteiger partial charge in [-0.05, 0) is 0 Å². The molecule has 0 bridgehead atoms. The fraction of sp³-hybridized carbons (Fsp3) is 0.235. The molecule has 110 valence electrons. The first-order valence-corrected chi connectivity index (χ1v) is 8.46. The molecule has 0 fully saturated rings. The van der Waals surface area contributed by atoms with Crippen molar-refractivity contribution in [3.63, 3.8) is 0 Å². The van der Waals surface area contributed by atoms with Gasteiger partial charge in [0.15, 0.2) is 0 Å². The summed E-state index contributed by atoms with van der Waals surface area (Å²) in [4.78, 5) is 12.0. The number of carbonyl (C=O) groups is 1. The first-order chi connectivity index (χ1) is 10.1. The molecule has 0 aliphatic carbocycles. The number of rotatable bonds is 4. The van der Waals surface area contributed by atoms with Gasteiger partial charge in [0, 0.05) is 0 Å². The van der Waals surface area contributed by atoms with Crippen molar-refractivity contribution in [1.29, 1.82) is 0 Å². The predicted molar refractivity (Wildman–Crippen MR) is 85.0 cm³/mol. The number of hydrogen-bond donors (Lipinski definition) is 1. The molecule has 0 aliphatic heterocycles. The monoisotopic (exact) mass is 350 g/mol. The van der Waals surface area contributed by atoms with E-state index in [1.165, 1.54) is 11.6 Å². The second kappa shape index (κ2) is 6.79. The van der Waals surface area contributed by atoms with E-state index in [9.17, 15) is 9.90 Å². The van der Waals surface area contributed by atoms with E-state index in [1.807, 2.05) is 38.1 Å². The van der Waals surface area contributed by atoms with Crippen LogP contribution in [0, 0.1) is 6.92 Å². The van der Waals surface area contributed by atoms with E-state index in [0.717, 1.165) is 15.6 Å². The van der Waals surface area contributed by atoms with Crippen LogP contribution in [-0.4, -0.2) is 33.1 Å². The number of aromatic hydroxyl groups is 1. The number of phenols is 1. The Kier molecular flexibility index (Phi) is 5.05. The normalized spacial score (nSPS) is 10.4. The number of benzene rings is 2. The molecular weight excluding hydrogens is 331 g/mol. The summed E-state index contributed by atoms with van der Waals surface area (Å²) in [5, 5.41) is 10.3. The summed E-state index contributed by atoms with van der Waals surface area (Å²) in [6.45, 7) is 3.83. The summed E-state index contributed by atoms with van der Waals surface area (Å²) < 4.78 is 7.14. The Labute approximate surface area is 131 Å². The van der Waals surface area contributed by atoms with Gasteiger partial charge in [0.25, 0.3) is 0 Å². The summed E-state index contributed by atoms with van der Waals surface area (Å²) in [6.07, 6.45) is 0.675. The number of ether oxygens (including phenoxy) is 1. The number of aryl methyl sites for hydroxylation is 1. The van der Waals surface area contributed by atoms with Gasteiger partial charge >= 0.3 is 131 Å². The van der Waals surface area contributed by atoms with Crippen LogP contribution in [0.1, 0.15) is 28.4 Å². The summed E-state index contributed by atoms with van der Waals surface area (Å²) in [7, 11) is 1.34. The van der Waals surface area contributed by atoms with E-state index in [0.29, 0.717) is 12.0 Å². The maximum absolute atomic E-state index is 12.0. The third-order valence-electron chi connectivity index (χ3n) is 3.33.